The highest BCUT2D eigenvalue weighted by Crippen LogP contribution is 2.24. The Morgan fingerprint density at radius 3 is 1.03 bits per heavy atom. The second kappa shape index (κ2) is 50.9. The van der Waals surface area contributed by atoms with E-state index in [0.29, 0.717) is 19.3 Å². The van der Waals surface area contributed by atoms with Crippen LogP contribution >= 0.6 is 0 Å². The third-order valence-electron chi connectivity index (χ3n) is 15.7. The fraction of sp³-hybridized carbons (Fsp3) is 0.984. The number of amides is 1. The van der Waals surface area contributed by atoms with Crippen molar-refractivity contribution in [2.45, 2.75) is 371 Å². The van der Waals surface area contributed by atoms with Crippen molar-refractivity contribution in [1.29, 1.82) is 0 Å². The van der Waals surface area contributed by atoms with Gasteiger partial charge in [-0.3, -0.25) is 4.79 Å². The van der Waals surface area contributed by atoms with Crippen molar-refractivity contribution in [1.82, 2.24) is 5.32 Å². The van der Waals surface area contributed by atoms with Gasteiger partial charge in [0, 0.05) is 0 Å². The number of rotatable bonds is 55. The van der Waals surface area contributed by atoms with Gasteiger partial charge in [-0.15, -0.1) is 0 Å². The molecule has 1 heterocycles. The van der Waals surface area contributed by atoms with Crippen molar-refractivity contribution in [2.75, 3.05) is 13.2 Å². The molecule has 0 aliphatic carbocycles. The van der Waals surface area contributed by atoms with E-state index in [9.17, 15) is 40.5 Å². The van der Waals surface area contributed by atoms with Gasteiger partial charge in [0.15, 0.2) is 6.29 Å². The molecule has 0 aromatic rings. The van der Waals surface area contributed by atoms with E-state index in [1.807, 2.05) is 0 Å². The van der Waals surface area contributed by atoms with Gasteiger partial charge in [0.2, 0.25) is 5.91 Å². The molecule has 1 aliphatic heterocycles. The van der Waals surface area contributed by atoms with Crippen LogP contribution in [-0.2, 0) is 14.3 Å². The van der Waals surface area contributed by atoms with Crippen molar-refractivity contribution in [3.05, 3.63) is 0 Å². The molecule has 0 saturated carbocycles. The van der Waals surface area contributed by atoms with E-state index in [-0.39, 0.29) is 6.42 Å². The Labute approximate surface area is 443 Å². The monoisotopic (exact) mass is 1030 g/mol. The summed E-state index contributed by atoms with van der Waals surface area (Å²) in [5.41, 5.74) is 0. The molecule has 1 rings (SSSR count). The number of unbranched alkanes of at least 4 members (excludes halogenated alkanes) is 43. The molecule has 0 bridgehead atoms. The molecule has 9 unspecified atom stereocenters. The Morgan fingerprint density at radius 2 is 0.722 bits per heavy atom. The van der Waals surface area contributed by atoms with Crippen LogP contribution in [0.5, 0.6) is 0 Å². The van der Waals surface area contributed by atoms with Crippen molar-refractivity contribution in [3.8, 4) is 0 Å². The smallest absolute Gasteiger partial charge is 0.249 e. The lowest BCUT2D eigenvalue weighted by Gasteiger charge is -2.40. The Morgan fingerprint density at radius 1 is 0.431 bits per heavy atom. The van der Waals surface area contributed by atoms with E-state index in [1.165, 1.54) is 238 Å². The molecule has 0 radical (unpaired) electrons. The number of carbonyl (C=O) groups is 1. The van der Waals surface area contributed by atoms with Crippen LogP contribution in [0.2, 0.25) is 0 Å². The number of hydrogen-bond donors (Lipinski definition) is 8. The summed E-state index contributed by atoms with van der Waals surface area (Å²) in [6, 6.07) is -1.16. The van der Waals surface area contributed by atoms with E-state index in [1.54, 1.807) is 0 Å². The minimum absolute atomic E-state index is 0.267. The van der Waals surface area contributed by atoms with Crippen molar-refractivity contribution in [2.24, 2.45) is 0 Å². The van der Waals surface area contributed by atoms with Gasteiger partial charge in [0.05, 0.1) is 25.4 Å². The predicted molar refractivity (Wildman–Crippen MR) is 298 cm³/mol. The minimum Gasteiger partial charge on any atom is -0.394 e. The molecule has 0 aromatic carbocycles. The molecule has 430 valence electrons. The van der Waals surface area contributed by atoms with Crippen LogP contribution in [0.3, 0.4) is 0 Å². The molecular formula is C61H121NO10. The quantitative estimate of drug-likeness (QED) is 0.0272. The average Bonchev–Trinajstić information content (AvgIpc) is 3.38. The lowest BCUT2D eigenvalue weighted by atomic mass is 9.98. The first-order chi connectivity index (χ1) is 35.2. The van der Waals surface area contributed by atoms with Crippen molar-refractivity contribution in [3.63, 3.8) is 0 Å². The number of aliphatic hydroxyl groups excluding tert-OH is 7. The number of carbonyl (C=O) groups excluding carboxylic acids is 1. The Bertz CT molecular complexity index is 1130. The maximum atomic E-state index is 13.2. The molecule has 11 nitrogen and oxygen atoms in total. The summed E-state index contributed by atoms with van der Waals surface area (Å²) in [5.74, 6) is -0.689. The number of aliphatic hydroxyl groups is 7. The van der Waals surface area contributed by atoms with Crippen LogP contribution in [0, 0.1) is 0 Å². The van der Waals surface area contributed by atoms with Gasteiger partial charge in [0.1, 0.15) is 36.6 Å². The van der Waals surface area contributed by atoms with Gasteiger partial charge in [-0.2, -0.15) is 0 Å². The summed E-state index contributed by atoms with van der Waals surface area (Å²) in [5, 5.41) is 76.3. The summed E-state index contributed by atoms with van der Waals surface area (Å²) in [4.78, 5) is 13.2. The summed E-state index contributed by atoms with van der Waals surface area (Å²) >= 11 is 0. The molecule has 1 saturated heterocycles. The number of ether oxygens (including phenoxy) is 2. The number of nitrogens with one attached hydrogen (secondary N) is 1. The minimum atomic E-state index is -1.66. The first-order valence-corrected chi connectivity index (χ1v) is 31.4. The van der Waals surface area contributed by atoms with Crippen molar-refractivity contribution < 1.29 is 50.0 Å². The van der Waals surface area contributed by atoms with E-state index < -0.39 is 74.2 Å². The largest absolute Gasteiger partial charge is 0.394 e. The van der Waals surface area contributed by atoms with Crippen LogP contribution in [0.25, 0.3) is 0 Å². The molecule has 8 N–H and O–H groups in total. The maximum Gasteiger partial charge on any atom is 0.249 e. The summed E-state index contributed by atoms with van der Waals surface area (Å²) in [6.07, 6.45) is 47.4. The van der Waals surface area contributed by atoms with Crippen LogP contribution in [0.1, 0.15) is 316 Å². The maximum absolute atomic E-state index is 13.2. The van der Waals surface area contributed by atoms with Crippen molar-refractivity contribution >= 4 is 5.91 Å². The zero-order chi connectivity index (χ0) is 52.5. The second-order valence-electron chi connectivity index (χ2n) is 22.5. The summed E-state index contributed by atoms with van der Waals surface area (Å²) < 4.78 is 11.2. The first kappa shape index (κ1) is 69.1. The van der Waals surface area contributed by atoms with Gasteiger partial charge in [-0.1, -0.05) is 303 Å². The third-order valence-corrected chi connectivity index (χ3v) is 15.7. The van der Waals surface area contributed by atoms with Crippen LogP contribution in [0.4, 0.5) is 0 Å². The lowest BCUT2D eigenvalue weighted by Crippen LogP contribution is -2.60. The fourth-order valence-corrected chi connectivity index (χ4v) is 10.6. The van der Waals surface area contributed by atoms with Gasteiger partial charge in [-0.05, 0) is 12.8 Å². The fourth-order valence-electron chi connectivity index (χ4n) is 10.6. The molecule has 1 aliphatic rings. The molecule has 0 aromatic heterocycles. The molecular weight excluding hydrogens is 907 g/mol. The van der Waals surface area contributed by atoms with Gasteiger partial charge in [0.25, 0.3) is 0 Å². The van der Waals surface area contributed by atoms with E-state index in [4.69, 9.17) is 9.47 Å². The van der Waals surface area contributed by atoms with E-state index >= 15 is 0 Å². The highest BCUT2D eigenvalue weighted by Gasteiger charge is 2.44. The SMILES string of the molecule is CCCCCCCCCCCCCCCCCCCCCCCCCCCCCCC(O)C(O)C(COC1OC(CO)C(O)C(O)C1O)NC(=O)C(O)CCCCCCCCCCCCCCCCCCC. The Hall–Kier alpha value is -0.890. The van der Waals surface area contributed by atoms with Crippen LogP contribution < -0.4 is 5.32 Å². The second-order valence-corrected chi connectivity index (χ2v) is 22.5. The molecule has 1 fully saturated rings. The van der Waals surface area contributed by atoms with Crippen LogP contribution in [0.15, 0.2) is 0 Å². The zero-order valence-corrected chi connectivity index (χ0v) is 47.2. The highest BCUT2D eigenvalue weighted by atomic mass is 16.7. The molecule has 72 heavy (non-hydrogen) atoms. The zero-order valence-electron chi connectivity index (χ0n) is 47.2. The standard InChI is InChI=1S/C61H121NO10/c1-3-5-7-9-11-13-15-17-19-21-22-23-24-25-26-27-28-29-30-31-33-34-36-38-40-42-44-46-48-53(64)56(66)52(51-71-61-59(69)58(68)57(67)55(50-63)72-61)62-60(70)54(65)49-47-45-43-41-39-37-35-32-20-18-16-14-12-10-8-6-4-2/h52-59,61,63-69H,3-51H2,1-2H3,(H,62,70). The van der Waals surface area contributed by atoms with E-state index in [2.05, 4.69) is 19.2 Å². The molecule has 0 spiro atoms. The topological polar surface area (TPSA) is 189 Å². The molecule has 11 heteroatoms. The molecule has 9 atom stereocenters. The summed E-state index contributed by atoms with van der Waals surface area (Å²) in [7, 11) is 0. The summed E-state index contributed by atoms with van der Waals surface area (Å²) in [6.45, 7) is 3.51. The Balaban J connectivity index is 2.23. The van der Waals surface area contributed by atoms with E-state index in [0.717, 1.165) is 38.5 Å². The normalized spacial score (nSPS) is 19.9. The first-order valence-electron chi connectivity index (χ1n) is 31.4. The third kappa shape index (κ3) is 38.6. The number of hydrogen-bond acceptors (Lipinski definition) is 10. The highest BCUT2D eigenvalue weighted by molar-refractivity contribution is 5.80. The Kier molecular flexibility index (Phi) is 48.9. The molecule has 1 amide bonds. The average molecular weight is 1030 g/mol. The van der Waals surface area contributed by atoms with Gasteiger partial charge >= 0.3 is 0 Å². The van der Waals surface area contributed by atoms with Crippen LogP contribution in [-0.4, -0.2) is 110 Å². The van der Waals surface area contributed by atoms with Gasteiger partial charge < -0.3 is 50.5 Å². The van der Waals surface area contributed by atoms with Gasteiger partial charge in [-0.25, -0.2) is 0 Å². The lowest BCUT2D eigenvalue weighted by molar-refractivity contribution is -0.303. The predicted octanol–water partition coefficient (Wildman–Crippen LogP) is 13.7.